The summed E-state index contributed by atoms with van der Waals surface area (Å²) in [5, 5.41) is 2.80. The van der Waals surface area contributed by atoms with Crippen molar-refractivity contribution in [2.24, 2.45) is 0 Å². The molecule has 0 aromatic heterocycles. The smallest absolute Gasteiger partial charge is 0.222 e. The fraction of sp³-hybridized carbons (Fsp3) is 0.913. The van der Waals surface area contributed by atoms with Gasteiger partial charge in [-0.25, -0.2) is 0 Å². The third-order valence-electron chi connectivity index (χ3n) is 4.94. The zero-order valence-electron chi connectivity index (χ0n) is 18.0. The van der Waals surface area contributed by atoms with Crippen LogP contribution in [0.25, 0.3) is 0 Å². The average molecular weight is 369 g/mol. The molecule has 0 aliphatic rings. The van der Waals surface area contributed by atoms with Crippen LogP contribution in [0, 0.1) is 6.54 Å². The van der Waals surface area contributed by atoms with Crippen molar-refractivity contribution in [3.8, 4) is 0 Å². The molecule has 0 rings (SSSR count). The predicted octanol–water partition coefficient (Wildman–Crippen LogP) is 6.95. The Labute approximate surface area is 164 Å². The molecule has 0 aromatic rings. The second-order valence-electron chi connectivity index (χ2n) is 7.53. The van der Waals surface area contributed by atoms with Gasteiger partial charge in [-0.2, -0.15) is 0 Å². The number of rotatable bonds is 20. The van der Waals surface area contributed by atoms with Crippen molar-refractivity contribution in [3.05, 3.63) is 6.54 Å². The van der Waals surface area contributed by atoms with Gasteiger partial charge in [-0.05, 0) is 19.3 Å². The number of hydrogen-bond donors (Lipinski definition) is 1. The van der Waals surface area contributed by atoms with Gasteiger partial charge in [0.1, 0.15) is 0 Å². The molecule has 1 N–H and O–H groups in total. The van der Waals surface area contributed by atoms with Crippen LogP contribution in [-0.2, 0) is 9.53 Å². The Morgan fingerprint density at radius 2 is 1.31 bits per heavy atom. The van der Waals surface area contributed by atoms with Crippen LogP contribution in [0.4, 0.5) is 0 Å². The van der Waals surface area contributed by atoms with Gasteiger partial charge in [0.25, 0.3) is 0 Å². The van der Waals surface area contributed by atoms with E-state index < -0.39 is 0 Å². The summed E-state index contributed by atoms with van der Waals surface area (Å²) < 4.78 is 5.87. The lowest BCUT2D eigenvalue weighted by Crippen LogP contribution is -2.26. The number of amides is 1. The molecule has 3 heteroatoms. The number of ether oxygens (including phenoxy) is 1. The highest BCUT2D eigenvalue weighted by Gasteiger charge is 2.11. The molecule has 0 saturated carbocycles. The Morgan fingerprint density at radius 1 is 0.808 bits per heavy atom. The normalized spacial score (nSPS) is 12.3. The summed E-state index contributed by atoms with van der Waals surface area (Å²) in [6, 6.07) is 0. The third kappa shape index (κ3) is 18.2. The lowest BCUT2D eigenvalue weighted by atomic mass is 10.0. The SMILES string of the molecule is CC[CH]NC(=O)CC(CC)OCCCCCCCCCCCCCCC. The maximum Gasteiger partial charge on any atom is 0.222 e. The number of unbranched alkanes of at least 4 members (excludes halogenated alkanes) is 12. The van der Waals surface area contributed by atoms with Crippen LogP contribution < -0.4 is 5.32 Å². The van der Waals surface area contributed by atoms with Crippen molar-refractivity contribution in [1.29, 1.82) is 0 Å². The minimum absolute atomic E-state index is 0.0672. The molecular formula is C23H46NO2. The molecule has 0 spiro atoms. The maximum atomic E-state index is 11.7. The molecule has 3 nitrogen and oxygen atoms in total. The summed E-state index contributed by atoms with van der Waals surface area (Å²) in [6.07, 6.45) is 20.1. The Balaban J connectivity index is 3.32. The lowest BCUT2D eigenvalue weighted by molar-refractivity contribution is -0.123. The topological polar surface area (TPSA) is 38.3 Å². The summed E-state index contributed by atoms with van der Waals surface area (Å²) in [7, 11) is 0. The first-order chi connectivity index (χ1) is 12.7. The molecule has 1 unspecified atom stereocenters. The molecule has 155 valence electrons. The molecule has 0 saturated heterocycles. The van der Waals surface area contributed by atoms with E-state index in [0.29, 0.717) is 6.42 Å². The number of nitrogens with one attached hydrogen (secondary N) is 1. The second-order valence-corrected chi connectivity index (χ2v) is 7.53. The van der Waals surface area contributed by atoms with Crippen LogP contribution in [-0.4, -0.2) is 18.6 Å². The number of carbonyl (C=O) groups is 1. The van der Waals surface area contributed by atoms with Crippen LogP contribution in [0.5, 0.6) is 0 Å². The van der Waals surface area contributed by atoms with E-state index in [0.717, 1.165) is 25.9 Å². The van der Waals surface area contributed by atoms with E-state index in [9.17, 15) is 4.79 Å². The Hall–Kier alpha value is -0.570. The van der Waals surface area contributed by atoms with Crippen LogP contribution >= 0.6 is 0 Å². The molecule has 26 heavy (non-hydrogen) atoms. The minimum atomic E-state index is 0.0672. The summed E-state index contributed by atoms with van der Waals surface area (Å²) in [5.74, 6) is 0.0732. The highest BCUT2D eigenvalue weighted by Crippen LogP contribution is 2.13. The molecule has 0 heterocycles. The summed E-state index contributed by atoms with van der Waals surface area (Å²) in [6.45, 7) is 8.98. The molecular weight excluding hydrogens is 322 g/mol. The van der Waals surface area contributed by atoms with Gasteiger partial charge in [0, 0.05) is 13.2 Å². The first-order valence-corrected chi connectivity index (χ1v) is 11.5. The van der Waals surface area contributed by atoms with Gasteiger partial charge in [-0.15, -0.1) is 0 Å². The van der Waals surface area contributed by atoms with E-state index in [1.54, 1.807) is 0 Å². The van der Waals surface area contributed by atoms with Gasteiger partial charge in [0.05, 0.1) is 12.5 Å². The van der Waals surface area contributed by atoms with Crippen molar-refractivity contribution < 1.29 is 9.53 Å². The van der Waals surface area contributed by atoms with Gasteiger partial charge >= 0.3 is 0 Å². The molecule has 1 radical (unpaired) electrons. The van der Waals surface area contributed by atoms with Gasteiger partial charge < -0.3 is 10.1 Å². The Kier molecular flexibility index (Phi) is 20.3. The number of carbonyl (C=O) groups excluding carboxylic acids is 1. The molecule has 0 aromatic carbocycles. The lowest BCUT2D eigenvalue weighted by Gasteiger charge is -2.15. The van der Waals surface area contributed by atoms with Crippen molar-refractivity contribution in [3.63, 3.8) is 0 Å². The van der Waals surface area contributed by atoms with Crippen molar-refractivity contribution in [2.45, 2.75) is 130 Å². The molecule has 0 aliphatic heterocycles. The van der Waals surface area contributed by atoms with Gasteiger partial charge in [-0.1, -0.05) is 97.8 Å². The summed E-state index contributed by atoms with van der Waals surface area (Å²) in [5.41, 5.74) is 0. The zero-order chi connectivity index (χ0) is 19.3. The first kappa shape index (κ1) is 25.4. The van der Waals surface area contributed by atoms with Crippen LogP contribution in [0.1, 0.15) is 124 Å². The standard InChI is InChI=1S/C23H46NO2/c1-4-7-8-9-10-11-12-13-14-15-16-17-18-20-26-22(6-3)21-23(25)24-19-5-2/h19,22H,4-18,20-21H2,1-3H3,(H,24,25). The van der Waals surface area contributed by atoms with Gasteiger partial charge in [-0.3, -0.25) is 4.79 Å². The molecule has 1 amide bonds. The predicted molar refractivity (Wildman–Crippen MR) is 113 cm³/mol. The summed E-state index contributed by atoms with van der Waals surface area (Å²) >= 11 is 0. The molecule has 0 fully saturated rings. The first-order valence-electron chi connectivity index (χ1n) is 11.5. The fourth-order valence-corrected chi connectivity index (χ4v) is 3.17. The van der Waals surface area contributed by atoms with Gasteiger partial charge in [0.2, 0.25) is 5.91 Å². The number of hydrogen-bond acceptors (Lipinski definition) is 2. The van der Waals surface area contributed by atoms with E-state index in [1.165, 1.54) is 77.0 Å². The quantitative estimate of drug-likeness (QED) is 0.236. The van der Waals surface area contributed by atoms with E-state index >= 15 is 0 Å². The van der Waals surface area contributed by atoms with Crippen molar-refractivity contribution in [2.75, 3.05) is 6.61 Å². The highest BCUT2D eigenvalue weighted by atomic mass is 16.5. The van der Waals surface area contributed by atoms with E-state index in [-0.39, 0.29) is 12.0 Å². The van der Waals surface area contributed by atoms with E-state index in [4.69, 9.17) is 4.74 Å². The van der Waals surface area contributed by atoms with Crippen molar-refractivity contribution >= 4 is 5.91 Å². The third-order valence-corrected chi connectivity index (χ3v) is 4.94. The van der Waals surface area contributed by atoms with Crippen LogP contribution in [0.15, 0.2) is 0 Å². The summed E-state index contributed by atoms with van der Waals surface area (Å²) in [4.78, 5) is 11.7. The van der Waals surface area contributed by atoms with E-state index in [2.05, 4.69) is 19.2 Å². The Morgan fingerprint density at radius 3 is 1.77 bits per heavy atom. The average Bonchev–Trinajstić information content (AvgIpc) is 2.65. The maximum absolute atomic E-state index is 11.7. The Bertz CT molecular complexity index is 294. The molecule has 0 aliphatic carbocycles. The minimum Gasteiger partial charge on any atom is -0.378 e. The van der Waals surface area contributed by atoms with E-state index in [1.807, 2.05) is 13.5 Å². The fourth-order valence-electron chi connectivity index (χ4n) is 3.17. The molecule has 1 atom stereocenters. The molecule has 0 bridgehead atoms. The largest absolute Gasteiger partial charge is 0.378 e. The monoisotopic (exact) mass is 368 g/mol. The van der Waals surface area contributed by atoms with Crippen LogP contribution in [0.3, 0.4) is 0 Å². The zero-order valence-corrected chi connectivity index (χ0v) is 18.0. The van der Waals surface area contributed by atoms with Crippen molar-refractivity contribution in [1.82, 2.24) is 5.32 Å². The van der Waals surface area contributed by atoms with Gasteiger partial charge in [0.15, 0.2) is 0 Å². The second kappa shape index (κ2) is 20.7. The highest BCUT2D eigenvalue weighted by molar-refractivity contribution is 5.77. The van der Waals surface area contributed by atoms with Crippen LogP contribution in [0.2, 0.25) is 0 Å².